The molecule has 2 fully saturated rings. The third-order valence-electron chi connectivity index (χ3n) is 2.30. The molecule has 2 saturated heterocycles. The summed E-state index contributed by atoms with van der Waals surface area (Å²) < 4.78 is 5.18. The molecule has 2 N–H and O–H groups in total. The van der Waals surface area contributed by atoms with Gasteiger partial charge in [-0.3, -0.25) is 0 Å². The molecule has 2 aliphatic heterocycles. The van der Waals surface area contributed by atoms with Crippen LogP contribution in [0.1, 0.15) is 12.8 Å². The number of amides is 1. The molecule has 11 heavy (non-hydrogen) atoms. The molecule has 0 aromatic heterocycles. The van der Waals surface area contributed by atoms with E-state index < -0.39 is 0 Å². The average molecular weight is 156 g/mol. The highest BCUT2D eigenvalue weighted by Crippen LogP contribution is 2.23. The van der Waals surface area contributed by atoms with Crippen LogP contribution >= 0.6 is 0 Å². The second kappa shape index (κ2) is 2.37. The van der Waals surface area contributed by atoms with Gasteiger partial charge >= 0.3 is 6.09 Å². The smallest absolute Gasteiger partial charge is 0.407 e. The van der Waals surface area contributed by atoms with Gasteiger partial charge in [0.15, 0.2) is 0 Å². The van der Waals surface area contributed by atoms with Crippen molar-refractivity contribution in [3.8, 4) is 0 Å². The van der Waals surface area contributed by atoms with Crippen LogP contribution in [0.4, 0.5) is 4.79 Å². The largest absolute Gasteiger partial charge is 0.440 e. The maximum Gasteiger partial charge on any atom is 0.407 e. The molecule has 2 rings (SSSR count). The Morgan fingerprint density at radius 3 is 2.91 bits per heavy atom. The zero-order valence-electron chi connectivity index (χ0n) is 6.35. The number of carbonyl (C=O) groups excluding carboxylic acids is 1. The van der Waals surface area contributed by atoms with Gasteiger partial charge in [0.2, 0.25) is 0 Å². The molecule has 2 heterocycles. The Bertz CT molecular complexity index is 175. The van der Waals surface area contributed by atoms with E-state index in [9.17, 15) is 4.79 Å². The van der Waals surface area contributed by atoms with E-state index in [-0.39, 0.29) is 11.7 Å². The lowest BCUT2D eigenvalue weighted by molar-refractivity contribution is 0.0366. The summed E-state index contributed by atoms with van der Waals surface area (Å²) >= 11 is 0. The Hall–Kier alpha value is -0.770. The lowest BCUT2D eigenvalue weighted by atomic mass is 9.95. The van der Waals surface area contributed by atoms with Crippen molar-refractivity contribution in [2.45, 2.75) is 18.4 Å². The van der Waals surface area contributed by atoms with Crippen LogP contribution in [0, 0.1) is 0 Å². The molecule has 4 heteroatoms. The first-order chi connectivity index (χ1) is 5.31. The van der Waals surface area contributed by atoms with Crippen molar-refractivity contribution in [2.75, 3.05) is 19.6 Å². The van der Waals surface area contributed by atoms with Crippen molar-refractivity contribution in [1.29, 1.82) is 0 Å². The Labute approximate surface area is 65.3 Å². The van der Waals surface area contributed by atoms with E-state index >= 15 is 0 Å². The summed E-state index contributed by atoms with van der Waals surface area (Å²) in [6.45, 7) is 2.50. The first kappa shape index (κ1) is 6.91. The summed E-state index contributed by atoms with van der Waals surface area (Å²) in [6.07, 6.45) is 1.81. The molecule has 4 nitrogen and oxygen atoms in total. The number of ether oxygens (including phenoxy) is 1. The second-order valence-corrected chi connectivity index (χ2v) is 3.21. The Kier molecular flexibility index (Phi) is 1.49. The van der Waals surface area contributed by atoms with E-state index in [0.29, 0.717) is 6.54 Å². The van der Waals surface area contributed by atoms with Gasteiger partial charge in [0.25, 0.3) is 0 Å². The maximum absolute atomic E-state index is 10.8. The van der Waals surface area contributed by atoms with Gasteiger partial charge in [0.05, 0.1) is 6.54 Å². The zero-order valence-corrected chi connectivity index (χ0v) is 6.35. The quantitative estimate of drug-likeness (QED) is 0.512. The molecule has 1 atom stereocenters. The Balaban J connectivity index is 2.03. The van der Waals surface area contributed by atoms with Crippen LogP contribution in [0.15, 0.2) is 0 Å². The molecule has 0 aliphatic carbocycles. The van der Waals surface area contributed by atoms with E-state index in [1.807, 2.05) is 0 Å². The lowest BCUT2D eigenvalue weighted by Crippen LogP contribution is -2.48. The molecular weight excluding hydrogens is 144 g/mol. The van der Waals surface area contributed by atoms with Crippen molar-refractivity contribution in [2.24, 2.45) is 0 Å². The third kappa shape index (κ3) is 1.18. The normalized spacial score (nSPS) is 36.9. The maximum atomic E-state index is 10.8. The Morgan fingerprint density at radius 1 is 1.45 bits per heavy atom. The number of alkyl carbamates (subject to hydrolysis) is 1. The third-order valence-corrected chi connectivity index (χ3v) is 2.30. The van der Waals surface area contributed by atoms with Crippen LogP contribution in [0.3, 0.4) is 0 Å². The fourth-order valence-electron chi connectivity index (χ4n) is 1.68. The highest BCUT2D eigenvalue weighted by atomic mass is 16.6. The van der Waals surface area contributed by atoms with Crippen LogP contribution < -0.4 is 10.6 Å². The summed E-state index contributed by atoms with van der Waals surface area (Å²) in [4.78, 5) is 10.8. The van der Waals surface area contributed by atoms with E-state index in [4.69, 9.17) is 4.74 Å². The average Bonchev–Trinajstić information content (AvgIpc) is 2.34. The van der Waals surface area contributed by atoms with Gasteiger partial charge in [0.1, 0.15) is 5.60 Å². The van der Waals surface area contributed by atoms with Gasteiger partial charge < -0.3 is 15.4 Å². The van der Waals surface area contributed by atoms with E-state index in [2.05, 4.69) is 10.6 Å². The molecular formula is C7H12N2O2. The SMILES string of the molecule is O=C1NC[C@]2(CCCNC2)O1. The molecule has 0 saturated carbocycles. The van der Waals surface area contributed by atoms with E-state index in [1.54, 1.807) is 0 Å². The van der Waals surface area contributed by atoms with Crippen LogP contribution in [0.5, 0.6) is 0 Å². The minimum Gasteiger partial charge on any atom is -0.440 e. The van der Waals surface area contributed by atoms with Gasteiger partial charge in [-0.15, -0.1) is 0 Å². The standard InChI is InChI=1S/C7H12N2O2/c10-6-9-5-7(11-6)2-1-3-8-4-7/h8H,1-5H2,(H,9,10)/t7-/m1/s1. The van der Waals surface area contributed by atoms with Crippen molar-refractivity contribution in [3.05, 3.63) is 0 Å². The first-order valence-electron chi connectivity index (χ1n) is 3.98. The summed E-state index contributed by atoms with van der Waals surface area (Å²) in [5.41, 5.74) is -0.227. The molecule has 0 aromatic rings. The number of hydrogen-bond acceptors (Lipinski definition) is 3. The fourth-order valence-corrected chi connectivity index (χ4v) is 1.68. The molecule has 0 radical (unpaired) electrons. The molecule has 1 amide bonds. The number of carbonyl (C=O) groups is 1. The van der Waals surface area contributed by atoms with Gasteiger partial charge in [-0.05, 0) is 19.4 Å². The molecule has 0 aromatic carbocycles. The minimum absolute atomic E-state index is 0.227. The predicted molar refractivity (Wildman–Crippen MR) is 39.3 cm³/mol. The predicted octanol–water partition coefficient (Wildman–Crippen LogP) is -0.152. The van der Waals surface area contributed by atoms with Crippen LogP contribution in [-0.4, -0.2) is 31.3 Å². The molecule has 0 unspecified atom stereocenters. The lowest BCUT2D eigenvalue weighted by Gasteiger charge is -2.30. The highest BCUT2D eigenvalue weighted by molar-refractivity contribution is 5.70. The van der Waals surface area contributed by atoms with Gasteiger partial charge in [-0.25, -0.2) is 4.79 Å². The number of nitrogens with one attached hydrogen (secondary N) is 2. The fraction of sp³-hybridized carbons (Fsp3) is 0.857. The first-order valence-corrected chi connectivity index (χ1v) is 3.98. The van der Waals surface area contributed by atoms with Crippen molar-refractivity contribution < 1.29 is 9.53 Å². The Morgan fingerprint density at radius 2 is 2.36 bits per heavy atom. The number of rotatable bonds is 0. The topological polar surface area (TPSA) is 50.4 Å². The van der Waals surface area contributed by atoms with Crippen LogP contribution in [0.25, 0.3) is 0 Å². The monoisotopic (exact) mass is 156 g/mol. The van der Waals surface area contributed by atoms with Crippen molar-refractivity contribution >= 4 is 6.09 Å². The summed E-state index contributed by atoms with van der Waals surface area (Å²) in [7, 11) is 0. The van der Waals surface area contributed by atoms with Crippen LogP contribution in [-0.2, 0) is 4.74 Å². The molecule has 0 bridgehead atoms. The van der Waals surface area contributed by atoms with Crippen LogP contribution in [0.2, 0.25) is 0 Å². The minimum atomic E-state index is -0.270. The zero-order chi connectivity index (χ0) is 7.73. The van der Waals surface area contributed by atoms with E-state index in [1.165, 1.54) is 0 Å². The van der Waals surface area contributed by atoms with Gasteiger partial charge in [-0.1, -0.05) is 0 Å². The van der Waals surface area contributed by atoms with E-state index in [0.717, 1.165) is 25.9 Å². The van der Waals surface area contributed by atoms with Gasteiger partial charge in [0, 0.05) is 6.54 Å². The van der Waals surface area contributed by atoms with Gasteiger partial charge in [-0.2, -0.15) is 0 Å². The molecule has 2 aliphatic rings. The highest BCUT2D eigenvalue weighted by Gasteiger charge is 2.40. The second-order valence-electron chi connectivity index (χ2n) is 3.21. The number of piperidine rings is 1. The molecule has 62 valence electrons. The summed E-state index contributed by atoms with van der Waals surface area (Å²) in [6, 6.07) is 0. The van der Waals surface area contributed by atoms with Crippen molar-refractivity contribution in [1.82, 2.24) is 10.6 Å². The number of hydrogen-bond donors (Lipinski definition) is 2. The summed E-state index contributed by atoms with van der Waals surface area (Å²) in [5.74, 6) is 0. The van der Waals surface area contributed by atoms with Crippen molar-refractivity contribution in [3.63, 3.8) is 0 Å². The summed E-state index contributed by atoms with van der Waals surface area (Å²) in [5, 5.41) is 5.90. The molecule has 1 spiro atoms.